The van der Waals surface area contributed by atoms with Gasteiger partial charge in [-0.1, -0.05) is 28.9 Å². The topological polar surface area (TPSA) is 64.9 Å². The standard InChI is InChI=1S/C14H18ClN3O/c1-13(2,14(3,4)16)12-17-11(18-19-12)9-6-5-7-10(15)8-9/h5-8H,16H2,1-4H3. The van der Waals surface area contributed by atoms with Gasteiger partial charge in [-0.15, -0.1) is 0 Å². The largest absolute Gasteiger partial charge is 0.338 e. The summed E-state index contributed by atoms with van der Waals surface area (Å²) in [4.78, 5) is 4.44. The molecule has 0 saturated heterocycles. The maximum Gasteiger partial charge on any atom is 0.234 e. The van der Waals surface area contributed by atoms with E-state index in [0.717, 1.165) is 5.56 Å². The Morgan fingerprint density at radius 1 is 1.21 bits per heavy atom. The van der Waals surface area contributed by atoms with Gasteiger partial charge < -0.3 is 10.3 Å². The quantitative estimate of drug-likeness (QED) is 0.935. The molecule has 4 nitrogen and oxygen atoms in total. The van der Waals surface area contributed by atoms with Crippen LogP contribution < -0.4 is 5.73 Å². The van der Waals surface area contributed by atoms with Crippen LogP contribution in [0.1, 0.15) is 33.6 Å². The summed E-state index contributed by atoms with van der Waals surface area (Å²) in [5.41, 5.74) is 6.11. The molecule has 2 rings (SSSR count). The van der Waals surface area contributed by atoms with Crippen LogP contribution in [0, 0.1) is 0 Å². The second kappa shape index (κ2) is 4.62. The first-order valence-electron chi connectivity index (χ1n) is 6.11. The predicted molar refractivity (Wildman–Crippen MR) is 76.0 cm³/mol. The number of nitrogens with zero attached hydrogens (tertiary/aromatic N) is 2. The molecule has 0 bridgehead atoms. The van der Waals surface area contributed by atoms with Gasteiger partial charge in [-0.05, 0) is 39.8 Å². The molecule has 102 valence electrons. The Morgan fingerprint density at radius 3 is 2.47 bits per heavy atom. The summed E-state index contributed by atoms with van der Waals surface area (Å²) in [6.07, 6.45) is 0. The van der Waals surface area contributed by atoms with E-state index in [-0.39, 0.29) is 0 Å². The van der Waals surface area contributed by atoms with Crippen LogP contribution in [0.15, 0.2) is 28.8 Å². The van der Waals surface area contributed by atoms with Crippen LogP contribution in [0.2, 0.25) is 5.02 Å². The average molecular weight is 280 g/mol. The molecule has 0 radical (unpaired) electrons. The van der Waals surface area contributed by atoms with Crippen LogP contribution in [-0.4, -0.2) is 15.7 Å². The number of hydrogen-bond acceptors (Lipinski definition) is 4. The third-order valence-corrected chi connectivity index (χ3v) is 3.89. The van der Waals surface area contributed by atoms with Crippen LogP contribution in [-0.2, 0) is 5.41 Å². The molecule has 0 aliphatic carbocycles. The highest BCUT2D eigenvalue weighted by Crippen LogP contribution is 2.33. The Hall–Kier alpha value is -1.39. The van der Waals surface area contributed by atoms with E-state index in [1.54, 1.807) is 12.1 Å². The second-order valence-electron chi connectivity index (χ2n) is 5.78. The van der Waals surface area contributed by atoms with Gasteiger partial charge in [0.05, 0.1) is 5.41 Å². The summed E-state index contributed by atoms with van der Waals surface area (Å²) in [7, 11) is 0. The van der Waals surface area contributed by atoms with Crippen LogP contribution in [0.4, 0.5) is 0 Å². The molecule has 0 amide bonds. The molecular weight excluding hydrogens is 262 g/mol. The second-order valence-corrected chi connectivity index (χ2v) is 6.22. The molecule has 5 heteroatoms. The van der Waals surface area contributed by atoms with Gasteiger partial charge in [-0.25, -0.2) is 0 Å². The normalized spacial score (nSPS) is 12.7. The number of aromatic nitrogens is 2. The Balaban J connectivity index is 2.40. The van der Waals surface area contributed by atoms with E-state index in [4.69, 9.17) is 21.9 Å². The SMILES string of the molecule is CC(C)(N)C(C)(C)c1nc(-c2cccc(Cl)c2)no1. The van der Waals surface area contributed by atoms with Gasteiger partial charge in [0.1, 0.15) is 0 Å². The first kappa shape index (κ1) is 14.0. The number of nitrogens with two attached hydrogens (primary N) is 1. The van der Waals surface area contributed by atoms with Gasteiger partial charge in [0.2, 0.25) is 11.7 Å². The van der Waals surface area contributed by atoms with Gasteiger partial charge in [0, 0.05) is 16.1 Å². The monoisotopic (exact) mass is 279 g/mol. The molecule has 0 saturated carbocycles. The van der Waals surface area contributed by atoms with E-state index < -0.39 is 11.0 Å². The highest BCUT2D eigenvalue weighted by atomic mass is 35.5. The number of halogens is 1. The Morgan fingerprint density at radius 2 is 1.89 bits per heavy atom. The van der Waals surface area contributed by atoms with Crippen molar-refractivity contribution in [2.24, 2.45) is 5.73 Å². The fourth-order valence-corrected chi connectivity index (χ4v) is 1.69. The lowest BCUT2D eigenvalue weighted by molar-refractivity contribution is 0.223. The van der Waals surface area contributed by atoms with Crippen LogP contribution in [0.3, 0.4) is 0 Å². The van der Waals surface area contributed by atoms with Crippen LogP contribution in [0.5, 0.6) is 0 Å². The molecule has 19 heavy (non-hydrogen) atoms. The molecule has 1 heterocycles. The van der Waals surface area contributed by atoms with Crippen molar-refractivity contribution < 1.29 is 4.52 Å². The summed E-state index contributed by atoms with van der Waals surface area (Å²) < 4.78 is 5.37. The molecule has 2 aromatic rings. The summed E-state index contributed by atoms with van der Waals surface area (Å²) in [6.45, 7) is 7.86. The number of benzene rings is 1. The van der Waals surface area contributed by atoms with E-state index in [1.165, 1.54) is 0 Å². The summed E-state index contributed by atoms with van der Waals surface area (Å²) >= 11 is 5.96. The molecule has 0 spiro atoms. The van der Waals surface area contributed by atoms with Crippen molar-refractivity contribution in [3.63, 3.8) is 0 Å². The first-order valence-corrected chi connectivity index (χ1v) is 6.48. The van der Waals surface area contributed by atoms with Crippen molar-refractivity contribution in [1.82, 2.24) is 10.1 Å². The minimum atomic E-state index is -0.467. The fraction of sp³-hybridized carbons (Fsp3) is 0.429. The van der Waals surface area contributed by atoms with E-state index in [9.17, 15) is 0 Å². The van der Waals surface area contributed by atoms with Gasteiger partial charge in [0.25, 0.3) is 0 Å². The molecule has 1 aromatic heterocycles. The minimum Gasteiger partial charge on any atom is -0.338 e. The van der Waals surface area contributed by atoms with Crippen molar-refractivity contribution in [2.45, 2.75) is 38.6 Å². The summed E-state index contributed by atoms with van der Waals surface area (Å²) in [5.74, 6) is 1.05. The van der Waals surface area contributed by atoms with E-state index in [1.807, 2.05) is 39.8 Å². The molecule has 0 unspecified atom stereocenters. The third-order valence-electron chi connectivity index (χ3n) is 3.65. The molecule has 2 N–H and O–H groups in total. The lowest BCUT2D eigenvalue weighted by Crippen LogP contribution is -2.50. The lowest BCUT2D eigenvalue weighted by Gasteiger charge is -2.34. The minimum absolute atomic E-state index is 0.420. The highest BCUT2D eigenvalue weighted by molar-refractivity contribution is 6.30. The predicted octanol–water partition coefficient (Wildman–Crippen LogP) is 3.40. The van der Waals surface area contributed by atoms with Gasteiger partial charge in [0.15, 0.2) is 0 Å². The Kier molecular flexibility index (Phi) is 3.41. The lowest BCUT2D eigenvalue weighted by atomic mass is 9.75. The fourth-order valence-electron chi connectivity index (χ4n) is 1.50. The maximum absolute atomic E-state index is 6.17. The Bertz CT molecular complexity index is 584. The Labute approximate surface area is 118 Å². The van der Waals surface area contributed by atoms with Crippen LogP contribution >= 0.6 is 11.6 Å². The zero-order valence-electron chi connectivity index (χ0n) is 11.6. The van der Waals surface area contributed by atoms with Crippen molar-refractivity contribution in [1.29, 1.82) is 0 Å². The van der Waals surface area contributed by atoms with Crippen molar-refractivity contribution in [2.75, 3.05) is 0 Å². The van der Waals surface area contributed by atoms with Gasteiger partial charge in [-0.2, -0.15) is 4.98 Å². The molecular formula is C14H18ClN3O. The van der Waals surface area contributed by atoms with E-state index in [0.29, 0.717) is 16.7 Å². The van der Waals surface area contributed by atoms with Crippen molar-refractivity contribution in [3.05, 3.63) is 35.2 Å². The van der Waals surface area contributed by atoms with E-state index >= 15 is 0 Å². The van der Waals surface area contributed by atoms with Crippen molar-refractivity contribution >= 4 is 11.6 Å². The molecule has 0 aliphatic heterocycles. The number of hydrogen-bond donors (Lipinski definition) is 1. The number of rotatable bonds is 3. The highest BCUT2D eigenvalue weighted by Gasteiger charge is 2.40. The maximum atomic E-state index is 6.17. The van der Waals surface area contributed by atoms with Gasteiger partial charge in [-0.3, -0.25) is 0 Å². The third kappa shape index (κ3) is 2.65. The molecule has 0 aliphatic rings. The van der Waals surface area contributed by atoms with Crippen LogP contribution in [0.25, 0.3) is 11.4 Å². The average Bonchev–Trinajstić information content (AvgIpc) is 2.77. The summed E-state index contributed by atoms with van der Waals surface area (Å²) in [6, 6.07) is 7.35. The first-order chi connectivity index (χ1) is 8.72. The zero-order valence-corrected chi connectivity index (χ0v) is 12.3. The summed E-state index contributed by atoms with van der Waals surface area (Å²) in [5, 5.41) is 4.65. The molecule has 0 fully saturated rings. The zero-order chi connectivity index (χ0) is 14.3. The van der Waals surface area contributed by atoms with Gasteiger partial charge >= 0.3 is 0 Å². The molecule has 0 atom stereocenters. The van der Waals surface area contributed by atoms with Crippen molar-refractivity contribution in [3.8, 4) is 11.4 Å². The smallest absolute Gasteiger partial charge is 0.234 e. The molecule has 1 aromatic carbocycles. The van der Waals surface area contributed by atoms with E-state index in [2.05, 4.69) is 10.1 Å².